The summed E-state index contributed by atoms with van der Waals surface area (Å²) in [5.41, 5.74) is 0.430. The number of benzene rings is 1. The summed E-state index contributed by atoms with van der Waals surface area (Å²) in [5.74, 6) is -0.244. The van der Waals surface area contributed by atoms with E-state index >= 15 is 0 Å². The molecule has 2 fully saturated rings. The molecule has 174 valence electrons. The lowest BCUT2D eigenvalue weighted by atomic mass is 9.88. The van der Waals surface area contributed by atoms with E-state index in [2.05, 4.69) is 0 Å². The molecule has 6 nitrogen and oxygen atoms in total. The van der Waals surface area contributed by atoms with E-state index in [0.717, 1.165) is 37.7 Å². The van der Waals surface area contributed by atoms with E-state index in [0.29, 0.717) is 45.1 Å². The molecule has 1 saturated heterocycles. The van der Waals surface area contributed by atoms with E-state index in [1.165, 1.54) is 4.31 Å². The number of esters is 1. The summed E-state index contributed by atoms with van der Waals surface area (Å²) in [5, 5.41) is 0. The zero-order valence-electron chi connectivity index (χ0n) is 19.1. The number of nitrogens with zero attached hydrogens (tertiary/aromatic N) is 1. The van der Waals surface area contributed by atoms with Crippen molar-refractivity contribution in [2.24, 2.45) is 5.92 Å². The maximum atomic E-state index is 13.7. The fourth-order valence-corrected chi connectivity index (χ4v) is 6.79. The van der Waals surface area contributed by atoms with Crippen LogP contribution in [0.15, 0.2) is 30.3 Å². The largest absolute Gasteiger partial charge is 0.459 e. The highest BCUT2D eigenvalue weighted by molar-refractivity contribution is 7.91. The van der Waals surface area contributed by atoms with Gasteiger partial charge in [-0.15, -0.1) is 0 Å². The van der Waals surface area contributed by atoms with Gasteiger partial charge in [0.2, 0.25) is 10.0 Å². The first-order valence-corrected chi connectivity index (χ1v) is 12.9. The smallest absolute Gasteiger partial charge is 0.329 e. The Bertz CT molecular complexity index is 817. The Hall–Kier alpha value is -1.44. The summed E-state index contributed by atoms with van der Waals surface area (Å²) in [6, 6.07) is 10.0. The van der Waals surface area contributed by atoms with Crippen LogP contribution >= 0.6 is 0 Å². The molecule has 3 rings (SSSR count). The number of rotatable bonds is 7. The molecule has 1 aromatic rings. The first-order chi connectivity index (χ1) is 14.6. The van der Waals surface area contributed by atoms with Crippen LogP contribution in [0, 0.1) is 5.92 Å². The van der Waals surface area contributed by atoms with Crippen molar-refractivity contribution in [1.29, 1.82) is 0 Å². The van der Waals surface area contributed by atoms with E-state index in [-0.39, 0.29) is 0 Å². The normalized spacial score (nSPS) is 21.0. The summed E-state index contributed by atoms with van der Waals surface area (Å²) in [6.07, 6.45) is 4.64. The Morgan fingerprint density at radius 1 is 1.06 bits per heavy atom. The van der Waals surface area contributed by atoms with Crippen molar-refractivity contribution in [3.63, 3.8) is 0 Å². The molecule has 31 heavy (non-hydrogen) atoms. The zero-order chi connectivity index (χ0) is 22.5. The molecule has 0 bridgehead atoms. The highest BCUT2D eigenvalue weighted by Crippen LogP contribution is 2.40. The fraction of sp³-hybridized carbons (Fsp3) is 0.708. The molecular weight excluding hydrogens is 414 g/mol. The SMILES string of the molecule is CC(C)(C)OC(=O)C1(S(=O)(=O)N2CCC(COCc3ccccc3)CC2)CCCCC1. The molecule has 1 aromatic carbocycles. The molecule has 0 aromatic heterocycles. The van der Waals surface area contributed by atoms with Gasteiger partial charge in [0.05, 0.1) is 6.61 Å². The maximum Gasteiger partial charge on any atom is 0.329 e. The fourth-order valence-electron chi connectivity index (χ4n) is 4.54. The molecule has 0 spiro atoms. The molecule has 1 heterocycles. The van der Waals surface area contributed by atoms with Crippen LogP contribution in [0.2, 0.25) is 0 Å². The first kappa shape index (κ1) is 24.2. The van der Waals surface area contributed by atoms with Gasteiger partial charge in [-0.1, -0.05) is 49.6 Å². The predicted molar refractivity (Wildman–Crippen MR) is 121 cm³/mol. The second-order valence-electron chi connectivity index (χ2n) is 9.91. The summed E-state index contributed by atoms with van der Waals surface area (Å²) < 4.78 is 39.0. The molecule has 0 N–H and O–H groups in total. The summed E-state index contributed by atoms with van der Waals surface area (Å²) in [6.45, 7) is 7.43. The molecule has 1 aliphatic carbocycles. The van der Waals surface area contributed by atoms with Crippen LogP contribution in [-0.2, 0) is 30.9 Å². The predicted octanol–water partition coefficient (Wildman–Crippen LogP) is 4.29. The van der Waals surface area contributed by atoms with Crippen LogP contribution in [0.25, 0.3) is 0 Å². The maximum absolute atomic E-state index is 13.7. The van der Waals surface area contributed by atoms with Crippen LogP contribution in [0.3, 0.4) is 0 Å². The summed E-state index contributed by atoms with van der Waals surface area (Å²) >= 11 is 0. The van der Waals surface area contributed by atoms with Gasteiger partial charge in [-0.2, -0.15) is 0 Å². The highest BCUT2D eigenvalue weighted by atomic mass is 32.2. The van der Waals surface area contributed by atoms with Gasteiger partial charge in [0, 0.05) is 19.7 Å². The zero-order valence-corrected chi connectivity index (χ0v) is 20.0. The second-order valence-corrected chi connectivity index (χ2v) is 12.2. The van der Waals surface area contributed by atoms with Gasteiger partial charge < -0.3 is 9.47 Å². The van der Waals surface area contributed by atoms with Crippen molar-refractivity contribution >= 4 is 16.0 Å². The third kappa shape index (κ3) is 5.88. The number of hydrogen-bond donors (Lipinski definition) is 0. The number of hydrogen-bond acceptors (Lipinski definition) is 5. The molecule has 1 aliphatic heterocycles. The van der Waals surface area contributed by atoms with Gasteiger partial charge in [-0.05, 0) is 57.9 Å². The lowest BCUT2D eigenvalue weighted by Crippen LogP contribution is -2.57. The van der Waals surface area contributed by atoms with Crippen LogP contribution in [0.1, 0.15) is 71.3 Å². The van der Waals surface area contributed by atoms with E-state index in [1.54, 1.807) is 20.8 Å². The van der Waals surface area contributed by atoms with Crippen LogP contribution in [0.4, 0.5) is 0 Å². The molecule has 0 radical (unpaired) electrons. The van der Waals surface area contributed by atoms with Gasteiger partial charge in [0.15, 0.2) is 4.75 Å². The molecule has 0 unspecified atom stereocenters. The minimum absolute atomic E-state index is 0.332. The number of sulfonamides is 1. The lowest BCUT2D eigenvalue weighted by molar-refractivity contribution is -0.159. The summed E-state index contributed by atoms with van der Waals surface area (Å²) in [4.78, 5) is 13.1. The number of ether oxygens (including phenoxy) is 2. The lowest BCUT2D eigenvalue weighted by Gasteiger charge is -2.41. The average molecular weight is 452 g/mol. The van der Waals surface area contributed by atoms with Crippen molar-refractivity contribution < 1.29 is 22.7 Å². The van der Waals surface area contributed by atoms with Crippen LogP contribution < -0.4 is 0 Å². The van der Waals surface area contributed by atoms with Crippen molar-refractivity contribution in [2.75, 3.05) is 19.7 Å². The molecule has 0 atom stereocenters. The molecule has 1 saturated carbocycles. The van der Waals surface area contributed by atoms with Crippen LogP contribution in [0.5, 0.6) is 0 Å². The molecule has 0 amide bonds. The molecular formula is C24H37NO5S. The van der Waals surface area contributed by atoms with E-state index in [1.807, 2.05) is 30.3 Å². The quantitative estimate of drug-likeness (QED) is 0.578. The Labute approximate surface area is 187 Å². The Morgan fingerprint density at radius 2 is 1.68 bits per heavy atom. The Morgan fingerprint density at radius 3 is 2.26 bits per heavy atom. The number of carbonyl (C=O) groups excluding carboxylic acids is 1. The summed E-state index contributed by atoms with van der Waals surface area (Å²) in [7, 11) is -3.79. The Kier molecular flexibility index (Phi) is 7.81. The minimum Gasteiger partial charge on any atom is -0.459 e. The van der Waals surface area contributed by atoms with E-state index in [4.69, 9.17) is 9.47 Å². The highest BCUT2D eigenvalue weighted by Gasteiger charge is 2.55. The number of carbonyl (C=O) groups is 1. The van der Waals surface area contributed by atoms with Crippen LogP contribution in [-0.4, -0.2) is 48.7 Å². The topological polar surface area (TPSA) is 72.9 Å². The van der Waals surface area contributed by atoms with Crippen molar-refractivity contribution in [3.05, 3.63) is 35.9 Å². The minimum atomic E-state index is -3.79. The monoisotopic (exact) mass is 451 g/mol. The van der Waals surface area contributed by atoms with Gasteiger partial charge in [0.25, 0.3) is 0 Å². The van der Waals surface area contributed by atoms with E-state index < -0.39 is 26.3 Å². The third-order valence-electron chi connectivity index (χ3n) is 6.30. The van der Waals surface area contributed by atoms with Gasteiger partial charge >= 0.3 is 5.97 Å². The first-order valence-electron chi connectivity index (χ1n) is 11.5. The van der Waals surface area contributed by atoms with E-state index in [9.17, 15) is 13.2 Å². The van der Waals surface area contributed by atoms with Crippen molar-refractivity contribution in [3.8, 4) is 0 Å². The van der Waals surface area contributed by atoms with Gasteiger partial charge in [-0.3, -0.25) is 4.79 Å². The standard InChI is InChI=1S/C24H37NO5S/c1-23(2,3)30-22(26)24(14-8-5-9-15-24)31(27,28)25-16-12-21(13-17-25)19-29-18-20-10-6-4-7-11-20/h4,6-7,10-11,21H,5,8-9,12-19H2,1-3H3. The second kappa shape index (κ2) is 10.0. The van der Waals surface area contributed by atoms with Gasteiger partial charge in [-0.25, -0.2) is 12.7 Å². The van der Waals surface area contributed by atoms with Gasteiger partial charge in [0.1, 0.15) is 5.60 Å². The number of piperidine rings is 1. The molecule has 2 aliphatic rings. The van der Waals surface area contributed by atoms with Crippen molar-refractivity contribution in [2.45, 2.75) is 82.7 Å². The Balaban J connectivity index is 1.61. The molecule has 7 heteroatoms. The van der Waals surface area contributed by atoms with Crippen molar-refractivity contribution in [1.82, 2.24) is 4.31 Å². The third-order valence-corrected chi connectivity index (χ3v) is 8.91. The average Bonchev–Trinajstić information content (AvgIpc) is 2.74.